The van der Waals surface area contributed by atoms with Crippen molar-refractivity contribution in [3.8, 4) is 11.5 Å². The van der Waals surface area contributed by atoms with E-state index in [2.05, 4.69) is 49.1 Å². The summed E-state index contributed by atoms with van der Waals surface area (Å²) >= 11 is 0. The fourth-order valence-corrected chi connectivity index (χ4v) is 3.35. The first-order chi connectivity index (χ1) is 11.5. The third-order valence-electron chi connectivity index (χ3n) is 4.33. The van der Waals surface area contributed by atoms with E-state index in [9.17, 15) is 5.11 Å². The number of rotatable bonds is 5. The van der Waals surface area contributed by atoms with Gasteiger partial charge < -0.3 is 14.8 Å². The van der Waals surface area contributed by atoms with Crippen molar-refractivity contribution in [2.45, 2.75) is 19.9 Å². The van der Waals surface area contributed by atoms with Gasteiger partial charge in [0, 0.05) is 22.2 Å². The molecule has 3 aromatic rings. The number of nitrogens with zero attached hydrogens (tertiary/aromatic N) is 1. The van der Waals surface area contributed by atoms with Crippen LogP contribution in [0.3, 0.4) is 0 Å². The van der Waals surface area contributed by atoms with Gasteiger partial charge in [0.05, 0.1) is 12.6 Å². The van der Waals surface area contributed by atoms with Crippen LogP contribution in [0.15, 0.2) is 42.5 Å². The number of H-pyrrole nitrogens is 1. The molecule has 0 saturated heterocycles. The zero-order valence-electron chi connectivity index (χ0n) is 14.6. The Hall–Kier alpha value is -2.46. The first-order valence-corrected chi connectivity index (χ1v) is 8.22. The van der Waals surface area contributed by atoms with E-state index in [0.717, 1.165) is 16.8 Å². The second kappa shape index (κ2) is 6.57. The smallest absolute Gasteiger partial charge is 0.161 e. The van der Waals surface area contributed by atoms with Gasteiger partial charge in [0.15, 0.2) is 11.5 Å². The molecule has 1 atom stereocenters. The van der Waals surface area contributed by atoms with Gasteiger partial charge in [-0.3, -0.25) is 4.90 Å². The molecule has 0 aliphatic rings. The van der Waals surface area contributed by atoms with Crippen molar-refractivity contribution in [2.75, 3.05) is 20.7 Å². The third-order valence-corrected chi connectivity index (χ3v) is 4.33. The monoisotopic (exact) mass is 324 g/mol. The predicted molar refractivity (Wildman–Crippen MR) is 97.8 cm³/mol. The van der Waals surface area contributed by atoms with E-state index >= 15 is 0 Å². The number of phenols is 1. The summed E-state index contributed by atoms with van der Waals surface area (Å²) in [6, 6.07) is 14.0. The van der Waals surface area contributed by atoms with Gasteiger partial charge >= 0.3 is 0 Å². The molecule has 0 aliphatic heterocycles. The van der Waals surface area contributed by atoms with Crippen molar-refractivity contribution in [3.63, 3.8) is 0 Å². The Balaban J connectivity index is 2.17. The number of ether oxygens (including phenoxy) is 1. The highest BCUT2D eigenvalue weighted by molar-refractivity contribution is 5.85. The molecule has 2 aromatic carbocycles. The molecular weight excluding hydrogens is 300 g/mol. The summed E-state index contributed by atoms with van der Waals surface area (Å²) in [7, 11) is 4.14. The van der Waals surface area contributed by atoms with E-state index in [1.54, 1.807) is 6.07 Å². The van der Waals surface area contributed by atoms with E-state index in [0.29, 0.717) is 12.4 Å². The second-order valence-corrected chi connectivity index (χ2v) is 6.24. The molecule has 1 unspecified atom stereocenters. The van der Waals surface area contributed by atoms with Crippen LogP contribution in [0.25, 0.3) is 10.9 Å². The van der Waals surface area contributed by atoms with Gasteiger partial charge in [-0.25, -0.2) is 0 Å². The molecule has 0 saturated carbocycles. The molecule has 4 heteroatoms. The number of benzene rings is 2. The first-order valence-electron chi connectivity index (χ1n) is 8.22. The van der Waals surface area contributed by atoms with Crippen LogP contribution in [-0.4, -0.2) is 35.7 Å². The average molecular weight is 324 g/mol. The number of aromatic amines is 1. The van der Waals surface area contributed by atoms with E-state index in [1.165, 1.54) is 10.9 Å². The SMILES string of the molecule is CCOc1cc(C(c2c(C)[nH]c3ccccc23)N(C)C)ccc1O. The molecule has 0 aliphatic carbocycles. The number of para-hydroxylation sites is 1. The Labute approximate surface area is 142 Å². The maximum Gasteiger partial charge on any atom is 0.161 e. The number of aromatic nitrogens is 1. The van der Waals surface area contributed by atoms with Crippen molar-refractivity contribution in [1.29, 1.82) is 0 Å². The van der Waals surface area contributed by atoms with Crippen LogP contribution in [0, 0.1) is 6.92 Å². The normalized spacial score (nSPS) is 12.7. The number of aryl methyl sites for hydroxylation is 1. The molecular formula is C20H24N2O2. The molecule has 3 rings (SSSR count). The molecule has 2 N–H and O–H groups in total. The van der Waals surface area contributed by atoms with Gasteiger partial charge in [-0.15, -0.1) is 0 Å². The lowest BCUT2D eigenvalue weighted by molar-refractivity contribution is 0.313. The molecule has 1 heterocycles. The summed E-state index contributed by atoms with van der Waals surface area (Å²) in [5.74, 6) is 0.702. The fourth-order valence-electron chi connectivity index (χ4n) is 3.35. The van der Waals surface area contributed by atoms with Crippen LogP contribution >= 0.6 is 0 Å². The van der Waals surface area contributed by atoms with Crippen molar-refractivity contribution < 1.29 is 9.84 Å². The summed E-state index contributed by atoms with van der Waals surface area (Å²) in [4.78, 5) is 5.66. The lowest BCUT2D eigenvalue weighted by atomic mass is 9.95. The molecule has 0 bridgehead atoms. The van der Waals surface area contributed by atoms with Crippen LogP contribution in [0.2, 0.25) is 0 Å². The largest absolute Gasteiger partial charge is 0.504 e. The lowest BCUT2D eigenvalue weighted by Crippen LogP contribution is -2.21. The van der Waals surface area contributed by atoms with Gasteiger partial charge in [0.25, 0.3) is 0 Å². The molecule has 4 nitrogen and oxygen atoms in total. The third kappa shape index (κ3) is 2.85. The van der Waals surface area contributed by atoms with Crippen molar-refractivity contribution >= 4 is 10.9 Å². The number of hydrogen-bond acceptors (Lipinski definition) is 3. The van der Waals surface area contributed by atoms with E-state index in [-0.39, 0.29) is 11.8 Å². The van der Waals surface area contributed by atoms with Gasteiger partial charge in [0.2, 0.25) is 0 Å². The summed E-state index contributed by atoms with van der Waals surface area (Å²) in [5, 5.41) is 11.2. The van der Waals surface area contributed by atoms with Crippen LogP contribution < -0.4 is 4.74 Å². The molecule has 0 spiro atoms. The van der Waals surface area contributed by atoms with Crippen LogP contribution in [-0.2, 0) is 0 Å². The predicted octanol–water partition coefficient (Wildman–Crippen LogP) is 4.23. The van der Waals surface area contributed by atoms with Gasteiger partial charge in [0.1, 0.15) is 0 Å². The van der Waals surface area contributed by atoms with Crippen LogP contribution in [0.5, 0.6) is 11.5 Å². The molecule has 0 radical (unpaired) electrons. The summed E-state index contributed by atoms with van der Waals surface area (Å²) in [5.41, 5.74) is 4.64. The second-order valence-electron chi connectivity index (χ2n) is 6.24. The Morgan fingerprint density at radius 3 is 2.62 bits per heavy atom. The molecule has 0 fully saturated rings. The quantitative estimate of drug-likeness (QED) is 0.738. The Bertz CT molecular complexity index is 852. The van der Waals surface area contributed by atoms with Gasteiger partial charge in [-0.2, -0.15) is 0 Å². The van der Waals surface area contributed by atoms with Crippen LogP contribution in [0.1, 0.15) is 29.8 Å². The summed E-state index contributed by atoms with van der Waals surface area (Å²) in [6.07, 6.45) is 0. The highest BCUT2D eigenvalue weighted by Crippen LogP contribution is 2.38. The standard InChI is InChI=1S/C20H24N2O2/c1-5-24-18-12-14(10-11-17(18)23)20(22(3)4)19-13(2)21-16-9-7-6-8-15(16)19/h6-12,20-21,23H,5H2,1-4H3. The Kier molecular flexibility index (Phi) is 4.49. The Morgan fingerprint density at radius 1 is 1.17 bits per heavy atom. The summed E-state index contributed by atoms with van der Waals surface area (Å²) in [6.45, 7) is 4.55. The summed E-state index contributed by atoms with van der Waals surface area (Å²) < 4.78 is 5.57. The topological polar surface area (TPSA) is 48.5 Å². The number of phenolic OH excluding ortho intramolecular Hbond substituents is 1. The van der Waals surface area contributed by atoms with Crippen molar-refractivity contribution in [1.82, 2.24) is 9.88 Å². The Morgan fingerprint density at radius 2 is 1.92 bits per heavy atom. The highest BCUT2D eigenvalue weighted by Gasteiger charge is 2.23. The van der Waals surface area contributed by atoms with Crippen molar-refractivity contribution in [2.24, 2.45) is 0 Å². The maximum absolute atomic E-state index is 10.00. The van der Waals surface area contributed by atoms with Crippen LogP contribution in [0.4, 0.5) is 0 Å². The molecule has 0 amide bonds. The van der Waals surface area contributed by atoms with Gasteiger partial charge in [-0.05, 0) is 51.7 Å². The number of hydrogen-bond donors (Lipinski definition) is 2. The molecule has 126 valence electrons. The van der Waals surface area contributed by atoms with Crippen molar-refractivity contribution in [3.05, 3.63) is 59.3 Å². The zero-order valence-corrected chi connectivity index (χ0v) is 14.6. The van der Waals surface area contributed by atoms with E-state index in [4.69, 9.17) is 4.74 Å². The molecule has 1 aromatic heterocycles. The maximum atomic E-state index is 10.00. The van der Waals surface area contributed by atoms with Gasteiger partial charge in [-0.1, -0.05) is 24.3 Å². The first kappa shape index (κ1) is 16.4. The van der Waals surface area contributed by atoms with E-state index < -0.39 is 0 Å². The number of fused-ring (bicyclic) bond motifs is 1. The molecule has 24 heavy (non-hydrogen) atoms. The number of nitrogens with one attached hydrogen (secondary N) is 1. The highest BCUT2D eigenvalue weighted by atomic mass is 16.5. The minimum absolute atomic E-state index is 0.0703. The number of aromatic hydroxyl groups is 1. The average Bonchev–Trinajstić information content (AvgIpc) is 2.87. The minimum Gasteiger partial charge on any atom is -0.504 e. The minimum atomic E-state index is 0.0703. The van der Waals surface area contributed by atoms with E-state index in [1.807, 2.05) is 25.1 Å². The lowest BCUT2D eigenvalue weighted by Gasteiger charge is -2.26. The fraction of sp³-hybridized carbons (Fsp3) is 0.300. The zero-order chi connectivity index (χ0) is 17.3.